The van der Waals surface area contributed by atoms with Gasteiger partial charge in [-0.2, -0.15) is 8.42 Å². The molecule has 0 spiro atoms. The van der Waals surface area contributed by atoms with Gasteiger partial charge in [0.1, 0.15) is 11.5 Å². The molecule has 1 aromatic heterocycles. The number of hydrogen-bond donors (Lipinski definition) is 1. The highest BCUT2D eigenvalue weighted by Crippen LogP contribution is 2.39. The molecule has 24 heavy (non-hydrogen) atoms. The minimum absolute atomic E-state index is 0.00200. The van der Waals surface area contributed by atoms with Gasteiger partial charge < -0.3 is 5.32 Å². The Morgan fingerprint density at radius 3 is 2.79 bits per heavy atom. The number of rotatable bonds is 4. The van der Waals surface area contributed by atoms with Gasteiger partial charge in [0.15, 0.2) is 0 Å². The molecule has 1 aliphatic heterocycles. The fraction of sp³-hybridized carbons (Fsp3) is 0.286. The smallest absolute Gasteiger partial charge is 0.326 e. The van der Waals surface area contributed by atoms with E-state index in [9.17, 15) is 17.6 Å². The van der Waals surface area contributed by atoms with Crippen molar-refractivity contribution in [3.05, 3.63) is 40.1 Å². The van der Waals surface area contributed by atoms with E-state index in [1.54, 1.807) is 12.3 Å². The van der Waals surface area contributed by atoms with Gasteiger partial charge in [-0.1, -0.05) is 0 Å². The summed E-state index contributed by atoms with van der Waals surface area (Å²) in [5.41, 5.74) is 0.958. The highest BCUT2D eigenvalue weighted by Gasteiger charge is 2.37. The number of amides is 1. The molecule has 10 heteroatoms. The van der Waals surface area contributed by atoms with Crippen LogP contribution in [0.5, 0.6) is 0 Å². The van der Waals surface area contributed by atoms with E-state index >= 15 is 0 Å². The van der Waals surface area contributed by atoms with E-state index in [2.05, 4.69) is 10.3 Å². The molecule has 3 rings (SSSR count). The van der Waals surface area contributed by atoms with Crippen molar-refractivity contribution in [3.8, 4) is 0 Å². The fourth-order valence-electron chi connectivity index (χ4n) is 2.42. The monoisotopic (exact) mass is 370 g/mol. The average Bonchev–Trinajstić information content (AvgIpc) is 3.03. The summed E-state index contributed by atoms with van der Waals surface area (Å²) in [4.78, 5) is 16.0. The second-order valence-corrected chi connectivity index (χ2v) is 8.13. The molecule has 1 aliphatic rings. The zero-order valence-corrected chi connectivity index (χ0v) is 14.6. The molecular weight excluding hydrogens is 355 g/mol. The lowest BCUT2D eigenvalue weighted by atomic mass is 10.2. The molecule has 0 saturated heterocycles. The molecule has 0 atom stereocenters. The first kappa shape index (κ1) is 16.7. The van der Waals surface area contributed by atoms with E-state index < -0.39 is 16.0 Å². The summed E-state index contributed by atoms with van der Waals surface area (Å²) in [5.74, 6) is -0.894. The molecule has 2 heterocycles. The van der Waals surface area contributed by atoms with Crippen LogP contribution in [0.15, 0.2) is 23.6 Å². The highest BCUT2D eigenvalue weighted by atomic mass is 32.2. The molecule has 0 radical (unpaired) electrons. The molecule has 2 aromatic rings. The summed E-state index contributed by atoms with van der Waals surface area (Å²) < 4.78 is 40.5. The van der Waals surface area contributed by atoms with E-state index in [-0.39, 0.29) is 24.7 Å². The molecule has 0 unspecified atom stereocenters. The third-order valence-electron chi connectivity index (χ3n) is 3.62. The van der Waals surface area contributed by atoms with Crippen molar-refractivity contribution in [2.45, 2.75) is 6.92 Å². The summed E-state index contributed by atoms with van der Waals surface area (Å²) in [6.07, 6.45) is 0. The van der Waals surface area contributed by atoms with E-state index in [1.165, 1.54) is 36.6 Å². The van der Waals surface area contributed by atoms with Crippen molar-refractivity contribution in [2.75, 3.05) is 28.7 Å². The normalized spacial score (nSPS) is 15.5. The number of benzene rings is 1. The van der Waals surface area contributed by atoms with Crippen molar-refractivity contribution < 1.29 is 17.6 Å². The Balaban J connectivity index is 1.73. The SMILES string of the molecule is Cc1nc(C(=O)NCCN2c3cc(F)ccc3N(C)S2(=O)=O)cs1. The highest BCUT2D eigenvalue weighted by molar-refractivity contribution is 7.94. The fourth-order valence-corrected chi connectivity index (χ4v) is 4.43. The molecular formula is C14H15FN4O3S2. The van der Waals surface area contributed by atoms with Crippen molar-refractivity contribution in [1.29, 1.82) is 0 Å². The Bertz CT molecular complexity index is 897. The van der Waals surface area contributed by atoms with Crippen molar-refractivity contribution in [1.82, 2.24) is 10.3 Å². The van der Waals surface area contributed by atoms with Crippen LogP contribution in [0, 0.1) is 12.7 Å². The maximum absolute atomic E-state index is 13.5. The summed E-state index contributed by atoms with van der Waals surface area (Å²) in [7, 11) is -2.36. The third-order valence-corrected chi connectivity index (χ3v) is 6.22. The number of nitrogens with zero attached hydrogens (tertiary/aromatic N) is 3. The van der Waals surface area contributed by atoms with Crippen molar-refractivity contribution in [2.24, 2.45) is 0 Å². The Kier molecular flexibility index (Phi) is 4.18. The number of aryl methyl sites for hydroxylation is 1. The van der Waals surface area contributed by atoms with Crippen LogP contribution in [-0.2, 0) is 10.2 Å². The van der Waals surface area contributed by atoms with Gasteiger partial charge in [-0.15, -0.1) is 11.3 Å². The van der Waals surface area contributed by atoms with Crippen LogP contribution in [0.1, 0.15) is 15.5 Å². The minimum atomic E-state index is -3.76. The van der Waals surface area contributed by atoms with Crippen molar-refractivity contribution in [3.63, 3.8) is 0 Å². The van der Waals surface area contributed by atoms with E-state index in [4.69, 9.17) is 0 Å². The maximum atomic E-state index is 13.5. The predicted octanol–water partition coefficient (Wildman–Crippen LogP) is 1.52. The Morgan fingerprint density at radius 1 is 1.38 bits per heavy atom. The third kappa shape index (κ3) is 2.82. The van der Waals surface area contributed by atoms with Gasteiger partial charge in [0.25, 0.3) is 5.91 Å². The minimum Gasteiger partial charge on any atom is -0.349 e. The van der Waals surface area contributed by atoms with Gasteiger partial charge >= 0.3 is 10.2 Å². The van der Waals surface area contributed by atoms with Gasteiger partial charge in [0.2, 0.25) is 0 Å². The first-order valence-electron chi connectivity index (χ1n) is 7.07. The van der Waals surface area contributed by atoms with Crippen LogP contribution in [0.25, 0.3) is 0 Å². The lowest BCUT2D eigenvalue weighted by Crippen LogP contribution is -2.40. The van der Waals surface area contributed by atoms with Crippen LogP contribution in [0.4, 0.5) is 15.8 Å². The maximum Gasteiger partial charge on any atom is 0.326 e. The molecule has 0 aliphatic carbocycles. The second kappa shape index (κ2) is 6.02. The van der Waals surface area contributed by atoms with E-state index in [0.29, 0.717) is 11.4 Å². The number of thiazole rings is 1. The number of carbonyl (C=O) groups excluding carboxylic acids is 1. The number of aromatic nitrogens is 1. The zero-order chi connectivity index (χ0) is 17.5. The van der Waals surface area contributed by atoms with E-state index in [0.717, 1.165) is 13.6 Å². The Hall–Kier alpha value is -2.20. The summed E-state index contributed by atoms with van der Waals surface area (Å²) in [6, 6.07) is 3.79. The molecule has 0 bridgehead atoms. The lowest BCUT2D eigenvalue weighted by molar-refractivity contribution is 0.0950. The molecule has 0 fully saturated rings. The predicted molar refractivity (Wildman–Crippen MR) is 90.3 cm³/mol. The second-order valence-electron chi connectivity index (χ2n) is 5.19. The van der Waals surface area contributed by atoms with Gasteiger partial charge in [0, 0.05) is 25.0 Å². The van der Waals surface area contributed by atoms with Crippen molar-refractivity contribution >= 4 is 38.8 Å². The number of fused-ring (bicyclic) bond motifs is 1. The first-order valence-corrected chi connectivity index (χ1v) is 9.35. The Labute approximate surface area is 142 Å². The Morgan fingerprint density at radius 2 is 2.12 bits per heavy atom. The molecule has 7 nitrogen and oxygen atoms in total. The number of nitrogens with one attached hydrogen (secondary N) is 1. The van der Waals surface area contributed by atoms with Gasteiger partial charge in [0.05, 0.1) is 22.9 Å². The summed E-state index contributed by atoms with van der Waals surface area (Å²) in [5, 5.41) is 5.03. The number of carbonyl (C=O) groups is 1. The van der Waals surface area contributed by atoms with Crippen LogP contribution in [0.2, 0.25) is 0 Å². The number of anilines is 2. The largest absolute Gasteiger partial charge is 0.349 e. The summed E-state index contributed by atoms with van der Waals surface area (Å²) >= 11 is 1.36. The molecule has 128 valence electrons. The molecule has 1 N–H and O–H groups in total. The van der Waals surface area contributed by atoms with Crippen LogP contribution in [0.3, 0.4) is 0 Å². The quantitative estimate of drug-likeness (QED) is 0.885. The topological polar surface area (TPSA) is 82.6 Å². The molecule has 1 aromatic carbocycles. The van der Waals surface area contributed by atoms with Crippen LogP contribution >= 0.6 is 11.3 Å². The molecule has 0 saturated carbocycles. The number of hydrogen-bond acceptors (Lipinski definition) is 5. The first-order chi connectivity index (χ1) is 11.3. The average molecular weight is 370 g/mol. The zero-order valence-electron chi connectivity index (χ0n) is 13.0. The lowest BCUT2D eigenvalue weighted by Gasteiger charge is -2.19. The van der Waals surface area contributed by atoms with Crippen LogP contribution < -0.4 is 13.9 Å². The number of halogens is 1. The summed E-state index contributed by atoms with van der Waals surface area (Å²) in [6.45, 7) is 1.87. The van der Waals surface area contributed by atoms with Gasteiger partial charge in [-0.05, 0) is 19.1 Å². The molecule has 1 amide bonds. The standard InChI is InChI=1S/C14H15FN4O3S2/c1-9-17-11(8-23-9)14(20)16-5-6-19-13-7-10(15)3-4-12(13)18(2)24(19,21)22/h3-4,7-8H,5-6H2,1-2H3,(H,16,20). The van der Waals surface area contributed by atoms with Gasteiger partial charge in [-0.3, -0.25) is 9.10 Å². The van der Waals surface area contributed by atoms with E-state index in [1.807, 2.05) is 0 Å². The van der Waals surface area contributed by atoms with Gasteiger partial charge in [-0.25, -0.2) is 13.7 Å². The van der Waals surface area contributed by atoms with Crippen LogP contribution in [-0.4, -0.2) is 39.4 Å².